The predicted molar refractivity (Wildman–Crippen MR) is 80.6 cm³/mol. The van der Waals surface area contributed by atoms with Crippen molar-refractivity contribution in [2.45, 2.75) is 26.3 Å². The smallest absolute Gasteiger partial charge is 0.167 e. The van der Waals surface area contributed by atoms with Crippen LogP contribution in [0.2, 0.25) is 0 Å². The van der Waals surface area contributed by atoms with Crippen molar-refractivity contribution < 1.29 is 13.5 Å². The van der Waals surface area contributed by atoms with Gasteiger partial charge in [0.1, 0.15) is 5.82 Å². The molecule has 0 radical (unpaired) electrons. The Kier molecular flexibility index (Phi) is 5.14. The van der Waals surface area contributed by atoms with Crippen molar-refractivity contribution in [1.82, 2.24) is 0 Å². The number of nitrogens with one attached hydrogen (secondary N) is 1. The van der Waals surface area contributed by atoms with E-state index in [1.165, 1.54) is 18.2 Å². The number of hydrogen-bond donors (Lipinski definition) is 1. The molecule has 1 atom stereocenters. The van der Waals surface area contributed by atoms with E-state index in [0.717, 1.165) is 12.0 Å². The lowest BCUT2D eigenvalue weighted by molar-refractivity contribution is 0.321. The van der Waals surface area contributed by atoms with Crippen molar-refractivity contribution in [3.63, 3.8) is 0 Å². The minimum absolute atomic E-state index is 0.0713. The van der Waals surface area contributed by atoms with Crippen LogP contribution < -0.4 is 10.1 Å². The molecule has 2 nitrogen and oxygen atoms in total. The Balaban J connectivity index is 2.17. The second-order valence-electron chi connectivity index (χ2n) is 4.74. The van der Waals surface area contributed by atoms with Crippen LogP contribution in [0, 0.1) is 11.6 Å². The van der Waals surface area contributed by atoms with Crippen molar-refractivity contribution in [1.29, 1.82) is 0 Å². The van der Waals surface area contributed by atoms with Crippen molar-refractivity contribution in [3.05, 3.63) is 59.7 Å². The molecule has 0 saturated carbocycles. The van der Waals surface area contributed by atoms with Crippen LogP contribution in [0.25, 0.3) is 0 Å². The van der Waals surface area contributed by atoms with Gasteiger partial charge in [-0.1, -0.05) is 19.1 Å². The number of anilines is 1. The third-order valence-electron chi connectivity index (χ3n) is 3.23. The Morgan fingerprint density at radius 1 is 1.10 bits per heavy atom. The zero-order valence-corrected chi connectivity index (χ0v) is 12.2. The van der Waals surface area contributed by atoms with Gasteiger partial charge in [-0.2, -0.15) is 0 Å². The normalized spacial score (nSPS) is 12.0. The first kappa shape index (κ1) is 15.3. The SMILES string of the molecule is CCOc1ccc(NC(CC)c2cccc(F)c2)cc1F. The Morgan fingerprint density at radius 3 is 2.52 bits per heavy atom. The molecule has 1 N–H and O–H groups in total. The van der Waals surface area contributed by atoms with Crippen molar-refractivity contribution in [3.8, 4) is 5.75 Å². The van der Waals surface area contributed by atoms with Crippen molar-refractivity contribution >= 4 is 5.69 Å². The summed E-state index contributed by atoms with van der Waals surface area (Å²) in [6, 6.07) is 11.1. The second-order valence-corrected chi connectivity index (χ2v) is 4.74. The number of rotatable bonds is 6. The molecule has 0 spiro atoms. The van der Waals surface area contributed by atoms with Crippen LogP contribution in [-0.2, 0) is 0 Å². The van der Waals surface area contributed by atoms with Crippen molar-refractivity contribution in [2.75, 3.05) is 11.9 Å². The summed E-state index contributed by atoms with van der Waals surface area (Å²) in [5.41, 5.74) is 1.49. The fourth-order valence-corrected chi connectivity index (χ4v) is 2.21. The Hall–Kier alpha value is -2.10. The largest absolute Gasteiger partial charge is 0.491 e. The maximum Gasteiger partial charge on any atom is 0.167 e. The highest BCUT2D eigenvalue weighted by molar-refractivity contribution is 5.49. The molecule has 0 bridgehead atoms. The van der Waals surface area contributed by atoms with E-state index in [9.17, 15) is 8.78 Å². The highest BCUT2D eigenvalue weighted by Crippen LogP contribution is 2.26. The molecule has 0 amide bonds. The van der Waals surface area contributed by atoms with E-state index in [-0.39, 0.29) is 17.6 Å². The minimum Gasteiger partial charge on any atom is -0.491 e. The molecular weight excluding hydrogens is 272 g/mol. The van der Waals surface area contributed by atoms with Gasteiger partial charge in [-0.25, -0.2) is 8.78 Å². The van der Waals surface area contributed by atoms with E-state index in [2.05, 4.69) is 5.32 Å². The topological polar surface area (TPSA) is 21.3 Å². The Labute approximate surface area is 123 Å². The zero-order valence-electron chi connectivity index (χ0n) is 12.2. The minimum atomic E-state index is -0.407. The highest BCUT2D eigenvalue weighted by Gasteiger charge is 2.11. The van der Waals surface area contributed by atoms with E-state index in [0.29, 0.717) is 12.3 Å². The van der Waals surface area contributed by atoms with Gasteiger partial charge in [-0.15, -0.1) is 0 Å². The molecule has 21 heavy (non-hydrogen) atoms. The maximum atomic E-state index is 13.8. The van der Waals surface area contributed by atoms with Crippen LogP contribution in [0.15, 0.2) is 42.5 Å². The van der Waals surface area contributed by atoms with Gasteiger partial charge in [-0.05, 0) is 43.2 Å². The van der Waals surface area contributed by atoms with Gasteiger partial charge in [0.2, 0.25) is 0 Å². The fourth-order valence-electron chi connectivity index (χ4n) is 2.21. The molecular formula is C17H19F2NO. The molecule has 0 aliphatic heterocycles. The molecule has 1 unspecified atom stereocenters. The molecule has 4 heteroatoms. The molecule has 112 valence electrons. The van der Waals surface area contributed by atoms with Crippen molar-refractivity contribution in [2.24, 2.45) is 0 Å². The summed E-state index contributed by atoms with van der Waals surface area (Å²) < 4.78 is 32.3. The van der Waals surface area contributed by atoms with Gasteiger partial charge in [-0.3, -0.25) is 0 Å². The van der Waals surface area contributed by atoms with Crippen LogP contribution in [0.5, 0.6) is 5.75 Å². The molecule has 0 aliphatic carbocycles. The van der Waals surface area contributed by atoms with Gasteiger partial charge in [0.25, 0.3) is 0 Å². The average molecular weight is 291 g/mol. The number of ether oxygens (including phenoxy) is 1. The van der Waals surface area contributed by atoms with E-state index >= 15 is 0 Å². The van der Waals surface area contributed by atoms with Gasteiger partial charge in [0.15, 0.2) is 11.6 Å². The summed E-state index contributed by atoms with van der Waals surface area (Å²) in [4.78, 5) is 0. The summed E-state index contributed by atoms with van der Waals surface area (Å²) in [6.07, 6.45) is 0.762. The van der Waals surface area contributed by atoms with Gasteiger partial charge in [0, 0.05) is 11.8 Å². The quantitative estimate of drug-likeness (QED) is 0.815. The molecule has 2 aromatic carbocycles. The summed E-state index contributed by atoms with van der Waals surface area (Å²) >= 11 is 0. The summed E-state index contributed by atoms with van der Waals surface area (Å²) in [5.74, 6) is -0.441. The average Bonchev–Trinajstić information content (AvgIpc) is 2.47. The first-order chi connectivity index (χ1) is 10.1. The monoisotopic (exact) mass is 291 g/mol. The van der Waals surface area contributed by atoms with Gasteiger partial charge in [0.05, 0.1) is 12.6 Å². The van der Waals surface area contributed by atoms with E-state index in [4.69, 9.17) is 4.74 Å². The molecule has 0 fully saturated rings. The van der Waals surface area contributed by atoms with E-state index in [1.807, 2.05) is 19.9 Å². The lowest BCUT2D eigenvalue weighted by atomic mass is 10.0. The lowest BCUT2D eigenvalue weighted by Crippen LogP contribution is -2.10. The number of hydrogen-bond acceptors (Lipinski definition) is 2. The zero-order chi connectivity index (χ0) is 15.2. The van der Waals surface area contributed by atoms with Crippen LogP contribution >= 0.6 is 0 Å². The Morgan fingerprint density at radius 2 is 1.90 bits per heavy atom. The Bertz CT molecular complexity index is 601. The third-order valence-corrected chi connectivity index (χ3v) is 3.23. The fraction of sp³-hybridized carbons (Fsp3) is 0.294. The molecule has 0 heterocycles. The molecule has 0 aromatic heterocycles. The maximum absolute atomic E-state index is 13.8. The van der Waals surface area contributed by atoms with E-state index in [1.54, 1.807) is 18.2 Å². The summed E-state index contributed by atoms with van der Waals surface area (Å²) in [6.45, 7) is 4.22. The van der Waals surface area contributed by atoms with Crippen LogP contribution in [-0.4, -0.2) is 6.61 Å². The third kappa shape index (κ3) is 3.94. The molecule has 0 saturated heterocycles. The number of benzene rings is 2. The van der Waals surface area contributed by atoms with E-state index < -0.39 is 5.82 Å². The number of halogens is 2. The predicted octanol–water partition coefficient (Wildman–Crippen LogP) is 4.93. The second kappa shape index (κ2) is 7.07. The summed E-state index contributed by atoms with van der Waals surface area (Å²) in [5, 5.41) is 3.22. The molecule has 0 aliphatic rings. The van der Waals surface area contributed by atoms with Crippen LogP contribution in [0.1, 0.15) is 31.9 Å². The highest BCUT2D eigenvalue weighted by atomic mass is 19.1. The van der Waals surface area contributed by atoms with Crippen LogP contribution in [0.3, 0.4) is 0 Å². The first-order valence-electron chi connectivity index (χ1n) is 7.08. The molecule has 2 aromatic rings. The van der Waals surface area contributed by atoms with Gasteiger partial charge < -0.3 is 10.1 Å². The summed E-state index contributed by atoms with van der Waals surface area (Å²) in [7, 11) is 0. The molecule has 2 rings (SSSR count). The van der Waals surface area contributed by atoms with Gasteiger partial charge >= 0.3 is 0 Å². The van der Waals surface area contributed by atoms with Crippen LogP contribution in [0.4, 0.5) is 14.5 Å². The lowest BCUT2D eigenvalue weighted by Gasteiger charge is -2.19. The first-order valence-corrected chi connectivity index (χ1v) is 7.08. The standard InChI is InChI=1S/C17H19F2NO/c1-3-16(12-6-5-7-13(18)10-12)20-14-8-9-17(21-4-2)15(19)11-14/h5-11,16,20H,3-4H2,1-2H3.